The lowest BCUT2D eigenvalue weighted by atomic mass is 10.3. The van der Waals surface area contributed by atoms with Crippen LogP contribution in [0, 0.1) is 5.82 Å². The Morgan fingerprint density at radius 2 is 1.68 bits per heavy atom. The molecule has 0 saturated heterocycles. The highest BCUT2D eigenvalue weighted by atomic mass is 32.2. The molecular weight excluding hydrogens is 487 g/mol. The first kappa shape index (κ1) is 25.4. The molecule has 1 amide bonds. The van der Waals surface area contributed by atoms with Gasteiger partial charge in [0.15, 0.2) is 14.6 Å². The van der Waals surface area contributed by atoms with Crippen molar-refractivity contribution in [3.05, 3.63) is 47.0 Å². The first-order valence-corrected chi connectivity index (χ1v) is 12.5. The van der Waals surface area contributed by atoms with Gasteiger partial charge in [-0.3, -0.25) is 9.59 Å². The van der Waals surface area contributed by atoms with Crippen LogP contribution in [-0.2, 0) is 30.7 Å². The number of halogens is 1. The van der Waals surface area contributed by atoms with Crippen molar-refractivity contribution in [1.82, 2.24) is 4.57 Å². The van der Waals surface area contributed by atoms with Gasteiger partial charge in [-0.1, -0.05) is 11.3 Å². The fourth-order valence-electron chi connectivity index (χ4n) is 3.22. The van der Waals surface area contributed by atoms with Crippen molar-refractivity contribution in [3.8, 4) is 11.5 Å². The van der Waals surface area contributed by atoms with Crippen LogP contribution in [0.15, 0.2) is 46.3 Å². The fourth-order valence-corrected chi connectivity index (χ4v) is 5.68. The molecule has 34 heavy (non-hydrogen) atoms. The lowest BCUT2D eigenvalue weighted by Gasteiger charge is -2.09. The van der Waals surface area contributed by atoms with Gasteiger partial charge in [0.1, 0.15) is 34.1 Å². The summed E-state index contributed by atoms with van der Waals surface area (Å²) >= 11 is 1.13. The molecule has 0 aliphatic heterocycles. The molecule has 0 unspecified atom stereocenters. The van der Waals surface area contributed by atoms with E-state index in [1.807, 2.05) is 0 Å². The Kier molecular flexibility index (Phi) is 8.05. The summed E-state index contributed by atoms with van der Waals surface area (Å²) in [6.07, 6.45) is -0.113. The summed E-state index contributed by atoms with van der Waals surface area (Å²) in [7, 11) is 0.552. The third kappa shape index (κ3) is 5.62. The normalized spacial score (nSPS) is 12.1. The highest BCUT2D eigenvalue weighted by Crippen LogP contribution is 2.35. The molecular formula is C22H23FN2O7S2. The molecule has 0 aliphatic rings. The molecule has 3 rings (SSSR count). The molecule has 12 heteroatoms. The molecule has 9 nitrogen and oxygen atoms in total. The highest BCUT2D eigenvalue weighted by molar-refractivity contribution is 7.91. The number of ether oxygens (including phenoxy) is 3. The number of rotatable bonds is 9. The zero-order chi connectivity index (χ0) is 24.9. The minimum Gasteiger partial charge on any atom is -0.495 e. The lowest BCUT2D eigenvalue weighted by molar-refractivity contribution is -0.141. The third-order valence-electron chi connectivity index (χ3n) is 4.90. The van der Waals surface area contributed by atoms with Crippen molar-refractivity contribution in [1.29, 1.82) is 0 Å². The molecule has 0 aliphatic carbocycles. The summed E-state index contributed by atoms with van der Waals surface area (Å²) in [5.41, 5.74) is 0.516. The van der Waals surface area contributed by atoms with Gasteiger partial charge in [0.25, 0.3) is 0 Å². The van der Waals surface area contributed by atoms with E-state index in [0.29, 0.717) is 21.7 Å². The maximum atomic E-state index is 13.0. The van der Waals surface area contributed by atoms with Gasteiger partial charge in [0.2, 0.25) is 5.91 Å². The number of esters is 1. The number of thiazole rings is 1. The van der Waals surface area contributed by atoms with Crippen molar-refractivity contribution in [3.63, 3.8) is 0 Å². The third-order valence-corrected chi connectivity index (χ3v) is 7.81. The number of hydrogen-bond donors (Lipinski definition) is 0. The summed E-state index contributed by atoms with van der Waals surface area (Å²) in [4.78, 5) is 28.9. The number of benzene rings is 2. The van der Waals surface area contributed by atoms with Crippen LogP contribution < -0.4 is 14.3 Å². The van der Waals surface area contributed by atoms with Crippen LogP contribution in [0.1, 0.15) is 12.8 Å². The zero-order valence-electron chi connectivity index (χ0n) is 18.7. The van der Waals surface area contributed by atoms with Gasteiger partial charge in [-0.05, 0) is 42.8 Å². The minimum absolute atomic E-state index is 0.0158. The second-order valence-electron chi connectivity index (χ2n) is 7.08. The van der Waals surface area contributed by atoms with Gasteiger partial charge >= 0.3 is 5.97 Å². The molecule has 2 aromatic carbocycles. The summed E-state index contributed by atoms with van der Waals surface area (Å²) in [5, 5.41) is 0. The molecule has 0 bridgehead atoms. The number of amides is 1. The van der Waals surface area contributed by atoms with Gasteiger partial charge in [-0.2, -0.15) is 4.99 Å². The van der Waals surface area contributed by atoms with E-state index in [0.717, 1.165) is 23.5 Å². The van der Waals surface area contributed by atoms with Crippen LogP contribution in [0.2, 0.25) is 0 Å². The van der Waals surface area contributed by atoms with Crippen LogP contribution in [-0.4, -0.2) is 51.9 Å². The average molecular weight is 511 g/mol. The van der Waals surface area contributed by atoms with Crippen LogP contribution in [0.4, 0.5) is 4.39 Å². The summed E-state index contributed by atoms with van der Waals surface area (Å²) < 4.78 is 55.6. The maximum Gasteiger partial charge on any atom is 0.325 e. The predicted molar refractivity (Wildman–Crippen MR) is 123 cm³/mol. The van der Waals surface area contributed by atoms with Crippen LogP contribution in [0.5, 0.6) is 11.5 Å². The van der Waals surface area contributed by atoms with E-state index in [2.05, 4.69) is 4.99 Å². The summed E-state index contributed by atoms with van der Waals surface area (Å²) in [6, 6.07) is 7.88. The smallest absolute Gasteiger partial charge is 0.325 e. The van der Waals surface area contributed by atoms with Gasteiger partial charge in [0, 0.05) is 6.42 Å². The van der Waals surface area contributed by atoms with Crippen LogP contribution >= 0.6 is 11.3 Å². The molecule has 1 heterocycles. The number of aromatic nitrogens is 1. The zero-order valence-corrected chi connectivity index (χ0v) is 20.4. The standard InChI is InChI=1S/C22H23FN2O7S2/c1-30-16-10-11-17(31-2)21-20(16)25(13-19(27)32-3)22(33-21)24-18(26)5-4-12-34(28,29)15-8-6-14(23)7-9-15/h6-11H,4-5,12-13H2,1-3H3. The molecule has 0 atom stereocenters. The van der Waals surface area contributed by atoms with Crippen LogP contribution in [0.3, 0.4) is 0 Å². The molecule has 1 aromatic heterocycles. The number of carbonyl (C=O) groups excluding carboxylic acids is 2. The first-order valence-electron chi connectivity index (χ1n) is 10.1. The number of hydrogen-bond acceptors (Lipinski definition) is 8. The Morgan fingerprint density at radius 3 is 2.29 bits per heavy atom. The minimum atomic E-state index is -3.67. The van der Waals surface area contributed by atoms with E-state index in [1.54, 1.807) is 12.1 Å². The largest absolute Gasteiger partial charge is 0.495 e. The molecule has 3 aromatic rings. The van der Waals surface area contributed by atoms with E-state index >= 15 is 0 Å². The maximum absolute atomic E-state index is 13.0. The monoisotopic (exact) mass is 510 g/mol. The van der Waals surface area contributed by atoms with Gasteiger partial charge < -0.3 is 18.8 Å². The lowest BCUT2D eigenvalue weighted by Crippen LogP contribution is -2.22. The van der Waals surface area contributed by atoms with Crippen molar-refractivity contribution >= 4 is 43.3 Å². The average Bonchev–Trinajstić information content (AvgIpc) is 3.16. The molecule has 0 radical (unpaired) electrons. The van der Waals surface area contributed by atoms with Gasteiger partial charge in [0.05, 0.1) is 32.0 Å². The fraction of sp³-hybridized carbons (Fsp3) is 0.318. The Balaban J connectivity index is 1.89. The number of sulfone groups is 1. The van der Waals surface area contributed by atoms with E-state index in [1.165, 1.54) is 38.0 Å². The molecule has 0 N–H and O–H groups in total. The van der Waals surface area contributed by atoms with E-state index in [4.69, 9.17) is 14.2 Å². The predicted octanol–water partition coefficient (Wildman–Crippen LogP) is 2.71. The molecule has 0 saturated carbocycles. The van der Waals surface area contributed by atoms with Crippen molar-refractivity contribution in [2.75, 3.05) is 27.1 Å². The van der Waals surface area contributed by atoms with Gasteiger partial charge in [-0.15, -0.1) is 0 Å². The quantitative estimate of drug-likeness (QED) is 0.321. The van der Waals surface area contributed by atoms with E-state index in [-0.39, 0.29) is 34.8 Å². The van der Waals surface area contributed by atoms with Crippen molar-refractivity contribution in [2.24, 2.45) is 4.99 Å². The summed E-state index contributed by atoms with van der Waals surface area (Å²) in [5.74, 6) is -0.976. The molecule has 0 spiro atoms. The first-order chi connectivity index (χ1) is 16.2. The van der Waals surface area contributed by atoms with E-state index < -0.39 is 27.5 Å². The highest BCUT2D eigenvalue weighted by Gasteiger charge is 2.19. The Labute approximate surface area is 199 Å². The SMILES string of the molecule is COC(=O)Cn1c(=NC(=O)CCCS(=O)(=O)c2ccc(F)cc2)sc2c(OC)ccc(OC)c21. The molecule has 182 valence electrons. The Hall–Kier alpha value is -3.25. The second-order valence-corrected chi connectivity index (χ2v) is 10.2. The second kappa shape index (κ2) is 10.8. The number of carbonyl (C=O) groups is 2. The number of fused-ring (bicyclic) bond motifs is 1. The van der Waals surface area contributed by atoms with Crippen molar-refractivity contribution < 1.29 is 36.6 Å². The van der Waals surface area contributed by atoms with E-state index in [9.17, 15) is 22.4 Å². The Bertz CT molecular complexity index is 1380. The topological polar surface area (TPSA) is 113 Å². The van der Waals surface area contributed by atoms with Crippen molar-refractivity contribution in [2.45, 2.75) is 24.3 Å². The summed E-state index contributed by atoms with van der Waals surface area (Å²) in [6.45, 7) is -0.217. The van der Waals surface area contributed by atoms with Crippen LogP contribution in [0.25, 0.3) is 10.2 Å². The number of nitrogens with zero attached hydrogens (tertiary/aromatic N) is 2. The van der Waals surface area contributed by atoms with Gasteiger partial charge in [-0.25, -0.2) is 12.8 Å². The Morgan fingerprint density at radius 1 is 1.03 bits per heavy atom. The molecule has 0 fully saturated rings. The number of methoxy groups -OCH3 is 3.